The van der Waals surface area contributed by atoms with E-state index in [0.29, 0.717) is 17.3 Å². The normalized spacial score (nSPS) is 18.5. The molecule has 0 spiro atoms. The first-order valence-corrected chi connectivity index (χ1v) is 8.30. The lowest BCUT2D eigenvalue weighted by atomic mass is 10.1. The van der Waals surface area contributed by atoms with Gasteiger partial charge in [-0.05, 0) is 41.8 Å². The Morgan fingerprint density at radius 2 is 1.92 bits per heavy atom. The van der Waals surface area contributed by atoms with Crippen LogP contribution in [0.5, 0.6) is 0 Å². The van der Waals surface area contributed by atoms with Crippen molar-refractivity contribution in [1.82, 2.24) is 10.7 Å². The van der Waals surface area contributed by atoms with Crippen LogP contribution in [0.2, 0.25) is 0 Å². The molecule has 1 aliphatic rings. The minimum Gasteiger partial charge on any atom is -0.303 e. The summed E-state index contributed by atoms with van der Waals surface area (Å²) in [6, 6.07) is 15.8. The zero-order valence-electron chi connectivity index (χ0n) is 12.8. The molecule has 0 radical (unpaired) electrons. The highest BCUT2D eigenvalue weighted by Gasteiger charge is 2.30. The highest BCUT2D eigenvalue weighted by atomic mass is 32.2. The molecule has 24 heavy (non-hydrogen) atoms. The van der Waals surface area contributed by atoms with Crippen molar-refractivity contribution >= 4 is 28.5 Å². The first kappa shape index (κ1) is 16.3. The van der Waals surface area contributed by atoms with Crippen molar-refractivity contribution in [2.24, 2.45) is 5.10 Å². The molecule has 4 nitrogen and oxygen atoms in total. The maximum Gasteiger partial charge on any atom is 0.239 e. The monoisotopic (exact) mass is 341 g/mol. The fourth-order valence-corrected chi connectivity index (χ4v) is 3.22. The topological polar surface area (TPSA) is 53.5 Å². The van der Waals surface area contributed by atoms with Gasteiger partial charge >= 0.3 is 0 Å². The number of benzene rings is 2. The molecule has 0 aliphatic carbocycles. The van der Waals surface area contributed by atoms with Crippen molar-refractivity contribution in [2.75, 3.05) is 0 Å². The molecule has 1 fully saturated rings. The Labute approximate surface area is 143 Å². The van der Waals surface area contributed by atoms with Gasteiger partial charge in [0.05, 0.1) is 10.9 Å². The predicted molar refractivity (Wildman–Crippen MR) is 95.7 cm³/mol. The Kier molecular flexibility index (Phi) is 4.96. The van der Waals surface area contributed by atoms with Gasteiger partial charge in [-0.15, -0.1) is 5.10 Å². The Bertz CT molecular complexity index is 775. The maximum atomic E-state index is 12.9. The molecule has 1 unspecified atom stereocenters. The van der Waals surface area contributed by atoms with Crippen molar-refractivity contribution in [3.63, 3.8) is 0 Å². The Balaban J connectivity index is 1.59. The van der Waals surface area contributed by atoms with E-state index in [9.17, 15) is 9.18 Å². The minimum atomic E-state index is -0.305. The predicted octanol–water partition coefficient (Wildman–Crippen LogP) is 3.13. The van der Waals surface area contributed by atoms with Crippen LogP contribution >= 0.6 is 11.8 Å². The van der Waals surface area contributed by atoms with Crippen molar-refractivity contribution in [3.8, 4) is 0 Å². The second-order valence-electron chi connectivity index (χ2n) is 5.30. The highest BCUT2D eigenvalue weighted by Crippen LogP contribution is 2.23. The number of carbonyl (C=O) groups excluding carboxylic acids is 1. The van der Waals surface area contributed by atoms with Gasteiger partial charge in [-0.3, -0.25) is 10.2 Å². The summed E-state index contributed by atoms with van der Waals surface area (Å²) in [6.45, 7) is 3.86. The second-order valence-corrected chi connectivity index (χ2v) is 6.49. The molecule has 2 N–H and O–H groups in total. The first-order valence-electron chi connectivity index (χ1n) is 7.42. The number of amidine groups is 1. The molecule has 1 amide bonds. The van der Waals surface area contributed by atoms with Gasteiger partial charge < -0.3 is 5.32 Å². The van der Waals surface area contributed by atoms with Crippen LogP contribution in [0.25, 0.3) is 5.70 Å². The zero-order chi connectivity index (χ0) is 16.9. The Morgan fingerprint density at radius 3 is 2.62 bits per heavy atom. The fraction of sp³-hybridized carbons (Fsp3) is 0.111. The van der Waals surface area contributed by atoms with Crippen molar-refractivity contribution in [1.29, 1.82) is 0 Å². The number of nitrogens with one attached hydrogen (secondary N) is 2. The van der Waals surface area contributed by atoms with Crippen LogP contribution in [0.15, 0.2) is 66.3 Å². The zero-order valence-corrected chi connectivity index (χ0v) is 13.6. The maximum absolute atomic E-state index is 12.9. The van der Waals surface area contributed by atoms with Gasteiger partial charge in [0.25, 0.3) is 0 Å². The molecule has 0 aromatic heterocycles. The van der Waals surface area contributed by atoms with Crippen LogP contribution in [-0.4, -0.2) is 16.3 Å². The second kappa shape index (κ2) is 7.31. The van der Waals surface area contributed by atoms with E-state index < -0.39 is 0 Å². The van der Waals surface area contributed by atoms with E-state index in [1.807, 2.05) is 30.3 Å². The lowest BCUT2D eigenvalue weighted by Gasteiger charge is -2.06. The quantitative estimate of drug-likeness (QED) is 0.822. The Morgan fingerprint density at radius 1 is 1.21 bits per heavy atom. The number of hydrogen-bond acceptors (Lipinski definition) is 4. The smallest absolute Gasteiger partial charge is 0.239 e. The van der Waals surface area contributed by atoms with E-state index in [1.165, 1.54) is 23.9 Å². The van der Waals surface area contributed by atoms with Crippen LogP contribution < -0.4 is 10.7 Å². The molecule has 3 rings (SSSR count). The number of hydrazone groups is 1. The van der Waals surface area contributed by atoms with Gasteiger partial charge in [-0.1, -0.05) is 48.7 Å². The van der Waals surface area contributed by atoms with E-state index in [1.54, 1.807) is 12.1 Å². The summed E-state index contributed by atoms with van der Waals surface area (Å²) >= 11 is 1.38. The van der Waals surface area contributed by atoms with Gasteiger partial charge in [-0.2, -0.15) is 0 Å². The summed E-state index contributed by atoms with van der Waals surface area (Å²) in [5, 5.41) is 7.22. The van der Waals surface area contributed by atoms with Crippen LogP contribution in [0.4, 0.5) is 4.39 Å². The van der Waals surface area contributed by atoms with Gasteiger partial charge in [0, 0.05) is 0 Å². The van der Waals surface area contributed by atoms with Gasteiger partial charge in [-0.25, -0.2) is 4.39 Å². The van der Waals surface area contributed by atoms with Crippen LogP contribution in [0.3, 0.4) is 0 Å². The first-order chi connectivity index (χ1) is 11.6. The third-order valence-electron chi connectivity index (χ3n) is 3.53. The third-order valence-corrected chi connectivity index (χ3v) is 4.61. The molecule has 2 aromatic rings. The molecular formula is C18H16FN3OS. The molecule has 6 heteroatoms. The van der Waals surface area contributed by atoms with Crippen molar-refractivity contribution < 1.29 is 9.18 Å². The molecule has 1 heterocycles. The average Bonchev–Trinajstić information content (AvgIpc) is 2.94. The van der Waals surface area contributed by atoms with Crippen molar-refractivity contribution in [3.05, 3.63) is 78.1 Å². The number of rotatable bonds is 5. The molecule has 1 aliphatic heterocycles. The SMILES string of the molecule is C=C(NN=C1NC(=O)C(Cc2ccccc2)S1)c1ccc(F)cc1. The molecule has 0 bridgehead atoms. The standard InChI is InChI=1S/C18H16FN3OS/c1-12(14-7-9-15(19)10-8-14)21-22-18-20-17(23)16(24-18)11-13-5-3-2-4-6-13/h2-10,16,21H,1,11H2,(H,20,22,23). The third kappa shape index (κ3) is 4.02. The number of carbonyl (C=O) groups is 1. The molecule has 2 aromatic carbocycles. The van der Waals surface area contributed by atoms with E-state index in [0.717, 1.165) is 11.1 Å². The highest BCUT2D eigenvalue weighted by molar-refractivity contribution is 8.15. The summed E-state index contributed by atoms with van der Waals surface area (Å²) in [6.07, 6.45) is 0.648. The lowest BCUT2D eigenvalue weighted by molar-refractivity contribution is -0.118. The molecule has 0 saturated carbocycles. The summed E-state index contributed by atoms with van der Waals surface area (Å²) in [7, 11) is 0. The Hall–Kier alpha value is -2.60. The lowest BCUT2D eigenvalue weighted by Crippen LogP contribution is -2.26. The van der Waals surface area contributed by atoms with Gasteiger partial charge in [0.1, 0.15) is 5.82 Å². The van der Waals surface area contributed by atoms with E-state index in [2.05, 4.69) is 22.4 Å². The van der Waals surface area contributed by atoms with E-state index >= 15 is 0 Å². The summed E-state index contributed by atoms with van der Waals surface area (Å²) in [5.41, 5.74) is 5.17. The van der Waals surface area contributed by atoms with Gasteiger partial charge in [0.15, 0.2) is 5.17 Å². The summed E-state index contributed by atoms with van der Waals surface area (Å²) in [4.78, 5) is 12.0. The van der Waals surface area contributed by atoms with Crippen molar-refractivity contribution in [2.45, 2.75) is 11.7 Å². The summed E-state index contributed by atoms with van der Waals surface area (Å²) in [5.74, 6) is -0.364. The molecule has 122 valence electrons. The number of nitrogens with zero attached hydrogens (tertiary/aromatic N) is 1. The number of thioether (sulfide) groups is 1. The number of halogens is 1. The minimum absolute atomic E-state index is 0.0585. The van der Waals surface area contributed by atoms with E-state index in [-0.39, 0.29) is 17.0 Å². The molecule has 1 atom stereocenters. The van der Waals surface area contributed by atoms with Gasteiger partial charge in [0.2, 0.25) is 5.91 Å². The van der Waals surface area contributed by atoms with Crippen LogP contribution in [-0.2, 0) is 11.2 Å². The molecular weight excluding hydrogens is 325 g/mol. The molecule has 1 saturated heterocycles. The van der Waals surface area contributed by atoms with Crippen LogP contribution in [0, 0.1) is 5.82 Å². The fourth-order valence-electron chi connectivity index (χ4n) is 2.25. The summed E-state index contributed by atoms with van der Waals surface area (Å²) < 4.78 is 12.9. The average molecular weight is 341 g/mol. The number of hydrogen-bond donors (Lipinski definition) is 2. The van der Waals surface area contributed by atoms with Crippen LogP contribution in [0.1, 0.15) is 11.1 Å². The largest absolute Gasteiger partial charge is 0.303 e. The van der Waals surface area contributed by atoms with E-state index in [4.69, 9.17) is 0 Å². The number of amides is 1.